The van der Waals surface area contributed by atoms with Crippen LogP contribution in [0, 0.1) is 0 Å². The number of nitrogens with one attached hydrogen (secondary N) is 2. The van der Waals surface area contributed by atoms with Crippen LogP contribution >= 0.6 is 47.2 Å². The van der Waals surface area contributed by atoms with E-state index in [0.29, 0.717) is 28.3 Å². The van der Waals surface area contributed by atoms with Crippen molar-refractivity contribution >= 4 is 53.1 Å². The van der Waals surface area contributed by atoms with Crippen LogP contribution in [0.25, 0.3) is 0 Å². The summed E-state index contributed by atoms with van der Waals surface area (Å²) in [6.45, 7) is 3.65. The first-order valence-corrected chi connectivity index (χ1v) is 9.52. The van der Waals surface area contributed by atoms with Gasteiger partial charge in [0.05, 0.1) is 11.6 Å². The summed E-state index contributed by atoms with van der Waals surface area (Å²) in [5, 5.41) is 17.2. The third-order valence-corrected chi connectivity index (χ3v) is 4.35. The fourth-order valence-corrected chi connectivity index (χ4v) is 2.57. The molecule has 1 aromatic carbocycles. The van der Waals surface area contributed by atoms with E-state index in [4.69, 9.17) is 27.9 Å². The van der Waals surface area contributed by atoms with Gasteiger partial charge in [-0.15, -0.1) is 24.0 Å². The zero-order valence-electron chi connectivity index (χ0n) is 15.6. The number of hydrogen-bond donors (Lipinski definition) is 3. The van der Waals surface area contributed by atoms with Crippen LogP contribution in [0.1, 0.15) is 12.6 Å². The van der Waals surface area contributed by atoms with Gasteiger partial charge in [-0.05, 0) is 31.2 Å². The number of pyridine rings is 1. The van der Waals surface area contributed by atoms with E-state index in [1.807, 2.05) is 25.1 Å². The highest BCUT2D eigenvalue weighted by molar-refractivity contribution is 14.0. The molecule has 6 nitrogen and oxygen atoms in total. The number of hydrogen-bond acceptors (Lipinski definition) is 4. The topological polar surface area (TPSA) is 78.8 Å². The van der Waals surface area contributed by atoms with Gasteiger partial charge in [-0.25, -0.2) is 0 Å². The molecule has 1 heterocycles. The molecular formula is C19H25Cl2IN4O2. The molecule has 154 valence electrons. The second kappa shape index (κ2) is 13.8. The van der Waals surface area contributed by atoms with Crippen molar-refractivity contribution in [3.05, 3.63) is 58.3 Å². The smallest absolute Gasteiger partial charge is 0.191 e. The predicted octanol–water partition coefficient (Wildman–Crippen LogP) is 3.54. The van der Waals surface area contributed by atoms with Gasteiger partial charge < -0.3 is 20.5 Å². The number of aromatic nitrogens is 1. The molecule has 0 bridgehead atoms. The molecule has 1 aromatic heterocycles. The summed E-state index contributed by atoms with van der Waals surface area (Å²) in [4.78, 5) is 8.67. The van der Waals surface area contributed by atoms with Gasteiger partial charge in [0.1, 0.15) is 23.5 Å². The average molecular weight is 539 g/mol. The zero-order chi connectivity index (χ0) is 19.5. The summed E-state index contributed by atoms with van der Waals surface area (Å²) < 4.78 is 5.53. The lowest BCUT2D eigenvalue weighted by atomic mass is 10.3. The minimum absolute atomic E-state index is 0. The average Bonchev–Trinajstić information content (AvgIpc) is 2.68. The lowest BCUT2D eigenvalue weighted by Crippen LogP contribution is -2.39. The number of rotatable bonds is 9. The highest BCUT2D eigenvalue weighted by Crippen LogP contribution is 2.31. The Hall–Kier alpha value is -1.29. The lowest BCUT2D eigenvalue weighted by molar-refractivity contribution is 0.114. The Bertz CT molecular complexity index is 735. The van der Waals surface area contributed by atoms with E-state index in [9.17, 15) is 5.11 Å². The van der Waals surface area contributed by atoms with Crippen LogP contribution in [-0.4, -0.2) is 48.4 Å². The molecule has 0 spiro atoms. The molecule has 9 heteroatoms. The highest BCUT2D eigenvalue weighted by Gasteiger charge is 2.09. The van der Waals surface area contributed by atoms with Crippen LogP contribution in [0.2, 0.25) is 10.0 Å². The first-order valence-electron chi connectivity index (χ1n) is 8.77. The second-order valence-corrected chi connectivity index (χ2v) is 6.52. The number of guanidine groups is 1. The Kier molecular flexibility index (Phi) is 12.2. The van der Waals surface area contributed by atoms with Gasteiger partial charge >= 0.3 is 0 Å². The summed E-state index contributed by atoms with van der Waals surface area (Å²) in [7, 11) is 0. The molecule has 1 unspecified atom stereocenters. The molecule has 2 rings (SSSR count). The maximum absolute atomic E-state index is 10.1. The van der Waals surface area contributed by atoms with Crippen molar-refractivity contribution in [3.8, 4) is 5.75 Å². The molecule has 2 aromatic rings. The largest absolute Gasteiger partial charge is 0.489 e. The Labute approximate surface area is 192 Å². The minimum atomic E-state index is -0.772. The number of aliphatic imine (C=N–C) groups is 1. The Balaban J connectivity index is 0.00000392. The Morgan fingerprint density at radius 2 is 2.04 bits per heavy atom. The first kappa shape index (κ1) is 24.7. The van der Waals surface area contributed by atoms with Crippen LogP contribution in [0.3, 0.4) is 0 Å². The molecule has 0 aliphatic heterocycles. The molecule has 0 radical (unpaired) electrons. The predicted molar refractivity (Wildman–Crippen MR) is 125 cm³/mol. The number of nitrogens with zero attached hydrogens (tertiary/aromatic N) is 2. The standard InChI is InChI=1S/C19H24Cl2N4O2.HI/c1-2-22-19(24-11-9-14-6-3-4-10-23-14)25-12-15(26)13-27-17-8-5-7-16(20)18(17)21;/h3-8,10,15,26H,2,9,11-13H2,1H3,(H2,22,24,25);1H. The number of benzene rings is 1. The summed E-state index contributed by atoms with van der Waals surface area (Å²) in [6.07, 6.45) is 1.78. The molecule has 0 aliphatic rings. The Morgan fingerprint density at radius 3 is 2.75 bits per heavy atom. The Morgan fingerprint density at radius 1 is 1.21 bits per heavy atom. The number of aliphatic hydroxyl groups is 1. The molecule has 0 saturated heterocycles. The van der Waals surface area contributed by atoms with Crippen LogP contribution in [-0.2, 0) is 6.42 Å². The second-order valence-electron chi connectivity index (χ2n) is 5.73. The fraction of sp³-hybridized carbons (Fsp3) is 0.368. The molecule has 3 N–H and O–H groups in total. The summed E-state index contributed by atoms with van der Waals surface area (Å²) in [5.74, 6) is 1.07. The van der Waals surface area contributed by atoms with E-state index in [0.717, 1.165) is 18.7 Å². The van der Waals surface area contributed by atoms with Crippen molar-refractivity contribution in [2.24, 2.45) is 4.99 Å². The van der Waals surface area contributed by atoms with Crippen molar-refractivity contribution in [2.45, 2.75) is 19.4 Å². The zero-order valence-corrected chi connectivity index (χ0v) is 19.4. The molecule has 0 fully saturated rings. The molecule has 0 aliphatic carbocycles. The van der Waals surface area contributed by atoms with Gasteiger partial charge in [0.2, 0.25) is 0 Å². The quantitative estimate of drug-likeness (QED) is 0.258. The van der Waals surface area contributed by atoms with Crippen molar-refractivity contribution in [2.75, 3.05) is 26.2 Å². The SMILES string of the molecule is CCNC(=NCC(O)COc1cccc(Cl)c1Cl)NCCc1ccccn1.I. The molecular weight excluding hydrogens is 514 g/mol. The van der Waals surface area contributed by atoms with Gasteiger partial charge in [0, 0.05) is 31.4 Å². The number of ether oxygens (including phenoxy) is 1. The van der Waals surface area contributed by atoms with E-state index >= 15 is 0 Å². The van der Waals surface area contributed by atoms with Gasteiger partial charge in [-0.3, -0.25) is 9.98 Å². The van der Waals surface area contributed by atoms with Crippen LogP contribution in [0.5, 0.6) is 5.75 Å². The summed E-state index contributed by atoms with van der Waals surface area (Å²) in [5.41, 5.74) is 1.01. The van der Waals surface area contributed by atoms with Gasteiger partial charge in [-0.2, -0.15) is 0 Å². The number of aliphatic hydroxyl groups excluding tert-OH is 1. The van der Waals surface area contributed by atoms with Crippen molar-refractivity contribution in [1.82, 2.24) is 15.6 Å². The van der Waals surface area contributed by atoms with Crippen LogP contribution in [0.4, 0.5) is 0 Å². The third kappa shape index (κ3) is 8.81. The summed E-state index contributed by atoms with van der Waals surface area (Å²) >= 11 is 12.0. The molecule has 0 saturated carbocycles. The van der Waals surface area contributed by atoms with Crippen LogP contribution in [0.15, 0.2) is 47.6 Å². The van der Waals surface area contributed by atoms with Crippen molar-refractivity contribution in [1.29, 1.82) is 0 Å². The van der Waals surface area contributed by atoms with E-state index in [1.54, 1.807) is 24.4 Å². The highest BCUT2D eigenvalue weighted by atomic mass is 127. The van der Waals surface area contributed by atoms with Gasteiger partial charge in [0.15, 0.2) is 5.96 Å². The summed E-state index contributed by atoms with van der Waals surface area (Å²) in [6, 6.07) is 11.0. The maximum Gasteiger partial charge on any atom is 0.191 e. The maximum atomic E-state index is 10.1. The minimum Gasteiger partial charge on any atom is -0.489 e. The first-order chi connectivity index (χ1) is 13.1. The van der Waals surface area contributed by atoms with Gasteiger partial charge in [-0.1, -0.05) is 35.3 Å². The van der Waals surface area contributed by atoms with Crippen LogP contribution < -0.4 is 15.4 Å². The molecule has 1 atom stereocenters. The fourth-order valence-electron chi connectivity index (χ4n) is 2.23. The molecule has 0 amide bonds. The monoisotopic (exact) mass is 538 g/mol. The van der Waals surface area contributed by atoms with E-state index < -0.39 is 6.10 Å². The normalized spacial score (nSPS) is 12.1. The van der Waals surface area contributed by atoms with E-state index in [2.05, 4.69) is 20.6 Å². The number of halogens is 3. The van der Waals surface area contributed by atoms with Crippen molar-refractivity contribution < 1.29 is 9.84 Å². The van der Waals surface area contributed by atoms with Gasteiger partial charge in [0.25, 0.3) is 0 Å². The lowest BCUT2D eigenvalue weighted by Gasteiger charge is -2.14. The molecule has 28 heavy (non-hydrogen) atoms. The third-order valence-electron chi connectivity index (χ3n) is 3.55. The van der Waals surface area contributed by atoms with E-state index in [1.165, 1.54) is 0 Å². The van der Waals surface area contributed by atoms with E-state index in [-0.39, 0.29) is 37.1 Å². The van der Waals surface area contributed by atoms with Crippen molar-refractivity contribution in [3.63, 3.8) is 0 Å².